The van der Waals surface area contributed by atoms with Crippen molar-refractivity contribution in [2.75, 3.05) is 53.0 Å². The highest BCUT2D eigenvalue weighted by molar-refractivity contribution is 5.79. The molecule has 0 radical (unpaired) electrons. The van der Waals surface area contributed by atoms with E-state index < -0.39 is 0 Å². The number of benzene rings is 1. The number of morpholine rings is 1. The number of nitrogens with one attached hydrogen (secondary N) is 2. The van der Waals surface area contributed by atoms with Gasteiger partial charge in [0.1, 0.15) is 18.1 Å². The maximum absolute atomic E-state index is 5.46. The fraction of sp³-hybridized carbons (Fsp3) is 0.591. The van der Waals surface area contributed by atoms with Crippen molar-refractivity contribution < 1.29 is 9.47 Å². The van der Waals surface area contributed by atoms with Crippen LogP contribution in [0.1, 0.15) is 23.6 Å². The van der Waals surface area contributed by atoms with E-state index in [0.717, 1.165) is 82.1 Å². The number of guanidine groups is 1. The van der Waals surface area contributed by atoms with E-state index in [1.807, 2.05) is 36.7 Å². The minimum Gasteiger partial charge on any atom is -0.496 e. The fourth-order valence-electron chi connectivity index (χ4n) is 3.47. The van der Waals surface area contributed by atoms with Gasteiger partial charge in [-0.3, -0.25) is 4.90 Å². The van der Waals surface area contributed by atoms with Gasteiger partial charge in [0.2, 0.25) is 0 Å². The molecule has 0 spiro atoms. The summed E-state index contributed by atoms with van der Waals surface area (Å²) >= 11 is 0. The molecule has 3 rings (SSSR count). The summed E-state index contributed by atoms with van der Waals surface area (Å²) in [5, 5.41) is 15.2. The molecule has 170 valence electrons. The largest absolute Gasteiger partial charge is 0.496 e. The summed E-state index contributed by atoms with van der Waals surface area (Å²) in [5.41, 5.74) is 1.17. The van der Waals surface area contributed by atoms with E-state index in [2.05, 4.69) is 31.8 Å². The van der Waals surface area contributed by atoms with Crippen LogP contribution in [0.25, 0.3) is 0 Å². The van der Waals surface area contributed by atoms with E-state index in [4.69, 9.17) is 14.5 Å². The summed E-state index contributed by atoms with van der Waals surface area (Å²) in [4.78, 5) is 7.18. The number of ether oxygens (including phenoxy) is 2. The third-order valence-electron chi connectivity index (χ3n) is 5.49. The molecule has 0 aliphatic carbocycles. The Morgan fingerprint density at radius 2 is 1.94 bits per heavy atom. The lowest BCUT2D eigenvalue weighted by molar-refractivity contribution is 0.0376. The van der Waals surface area contributed by atoms with Crippen LogP contribution < -0.4 is 15.4 Å². The molecule has 1 fully saturated rings. The van der Waals surface area contributed by atoms with Gasteiger partial charge in [-0.05, 0) is 37.9 Å². The molecule has 0 bridgehead atoms. The zero-order chi connectivity index (χ0) is 21.9. The molecule has 9 nitrogen and oxygen atoms in total. The van der Waals surface area contributed by atoms with Crippen LogP contribution in [0.2, 0.25) is 0 Å². The van der Waals surface area contributed by atoms with E-state index in [1.54, 1.807) is 7.11 Å². The number of aromatic nitrogens is 3. The van der Waals surface area contributed by atoms with Crippen LogP contribution in [0.3, 0.4) is 0 Å². The first-order chi connectivity index (χ1) is 15.2. The lowest BCUT2D eigenvalue weighted by Crippen LogP contribution is -2.41. The van der Waals surface area contributed by atoms with Gasteiger partial charge >= 0.3 is 0 Å². The second-order valence-corrected chi connectivity index (χ2v) is 7.61. The molecule has 1 aromatic carbocycles. The number of methoxy groups -OCH3 is 1. The molecule has 0 atom stereocenters. The molecule has 0 unspecified atom stereocenters. The van der Waals surface area contributed by atoms with Gasteiger partial charge in [-0.25, -0.2) is 4.99 Å². The second kappa shape index (κ2) is 12.3. The Morgan fingerprint density at radius 3 is 2.68 bits per heavy atom. The molecule has 1 aromatic heterocycles. The van der Waals surface area contributed by atoms with Crippen LogP contribution in [-0.4, -0.2) is 78.7 Å². The number of aliphatic imine (C=N–C) groups is 1. The van der Waals surface area contributed by atoms with E-state index in [1.165, 1.54) is 5.56 Å². The van der Waals surface area contributed by atoms with Crippen LogP contribution in [0.5, 0.6) is 5.75 Å². The average Bonchev–Trinajstić information content (AvgIpc) is 3.13. The van der Waals surface area contributed by atoms with E-state index in [-0.39, 0.29) is 0 Å². The summed E-state index contributed by atoms with van der Waals surface area (Å²) in [6, 6.07) is 8.11. The first kappa shape index (κ1) is 23.0. The minimum absolute atomic E-state index is 0.477. The van der Waals surface area contributed by atoms with Gasteiger partial charge in [0.05, 0.1) is 20.3 Å². The van der Waals surface area contributed by atoms with Gasteiger partial charge < -0.3 is 24.7 Å². The second-order valence-electron chi connectivity index (χ2n) is 7.61. The lowest BCUT2D eigenvalue weighted by Gasteiger charge is -2.26. The maximum atomic E-state index is 5.46. The van der Waals surface area contributed by atoms with Crippen molar-refractivity contribution in [3.63, 3.8) is 0 Å². The van der Waals surface area contributed by atoms with Crippen LogP contribution in [0.15, 0.2) is 29.3 Å². The Kier molecular flexibility index (Phi) is 9.11. The Labute approximate surface area is 184 Å². The number of aryl methyl sites for hydroxylation is 1. The molecule has 1 aliphatic heterocycles. The third-order valence-corrected chi connectivity index (χ3v) is 5.49. The summed E-state index contributed by atoms with van der Waals surface area (Å²) in [5.74, 6) is 3.43. The predicted octanol–water partition coefficient (Wildman–Crippen LogP) is 1.13. The van der Waals surface area contributed by atoms with Crippen molar-refractivity contribution in [2.45, 2.75) is 26.3 Å². The number of hydrogen-bond donors (Lipinski definition) is 2. The van der Waals surface area contributed by atoms with E-state index in [9.17, 15) is 0 Å². The normalized spacial score (nSPS) is 15.1. The van der Waals surface area contributed by atoms with Crippen molar-refractivity contribution in [2.24, 2.45) is 12.0 Å². The monoisotopic (exact) mass is 429 g/mol. The topological polar surface area (TPSA) is 88.8 Å². The number of para-hydroxylation sites is 1. The molecule has 0 amide bonds. The molecule has 1 aliphatic rings. The average molecular weight is 430 g/mol. The Balaban J connectivity index is 1.52. The SMILES string of the molecule is COc1ccccc1CCNC(=NCc1nnc(C)n1C)NCCCN1CCOCC1. The maximum Gasteiger partial charge on any atom is 0.191 e. The highest BCUT2D eigenvalue weighted by atomic mass is 16.5. The summed E-state index contributed by atoms with van der Waals surface area (Å²) in [6.45, 7) is 8.80. The molecule has 31 heavy (non-hydrogen) atoms. The van der Waals surface area contributed by atoms with E-state index in [0.29, 0.717) is 6.54 Å². The number of hydrogen-bond acceptors (Lipinski definition) is 6. The first-order valence-electron chi connectivity index (χ1n) is 11.0. The highest BCUT2D eigenvalue weighted by Crippen LogP contribution is 2.17. The van der Waals surface area contributed by atoms with Gasteiger partial charge in [0.25, 0.3) is 0 Å². The molecule has 1 saturated heterocycles. The quantitative estimate of drug-likeness (QED) is 0.333. The van der Waals surface area contributed by atoms with Gasteiger partial charge in [-0.2, -0.15) is 0 Å². The predicted molar refractivity (Wildman–Crippen MR) is 121 cm³/mol. The van der Waals surface area contributed by atoms with Gasteiger partial charge in [-0.1, -0.05) is 18.2 Å². The summed E-state index contributed by atoms with van der Waals surface area (Å²) < 4.78 is 12.8. The van der Waals surface area contributed by atoms with Crippen LogP contribution in [-0.2, 0) is 24.8 Å². The number of rotatable bonds is 10. The molecular formula is C22H35N7O2. The Morgan fingerprint density at radius 1 is 1.16 bits per heavy atom. The smallest absolute Gasteiger partial charge is 0.191 e. The molecule has 2 N–H and O–H groups in total. The van der Waals surface area contributed by atoms with Crippen LogP contribution in [0.4, 0.5) is 0 Å². The van der Waals surface area contributed by atoms with Crippen molar-refractivity contribution in [3.8, 4) is 5.75 Å². The molecule has 2 aromatic rings. The zero-order valence-corrected chi connectivity index (χ0v) is 18.9. The molecular weight excluding hydrogens is 394 g/mol. The third kappa shape index (κ3) is 7.22. The van der Waals surface area contributed by atoms with Gasteiger partial charge in [0.15, 0.2) is 11.8 Å². The molecule has 2 heterocycles. The highest BCUT2D eigenvalue weighted by Gasteiger charge is 2.10. The van der Waals surface area contributed by atoms with Crippen LogP contribution in [0, 0.1) is 6.92 Å². The van der Waals surface area contributed by atoms with Gasteiger partial charge in [0, 0.05) is 33.2 Å². The Bertz CT molecular complexity index is 831. The van der Waals surface area contributed by atoms with Gasteiger partial charge in [-0.15, -0.1) is 10.2 Å². The summed E-state index contributed by atoms with van der Waals surface area (Å²) in [7, 11) is 3.67. The van der Waals surface area contributed by atoms with Crippen LogP contribution >= 0.6 is 0 Å². The van der Waals surface area contributed by atoms with Crippen molar-refractivity contribution in [1.82, 2.24) is 30.3 Å². The van der Waals surface area contributed by atoms with Crippen molar-refractivity contribution in [3.05, 3.63) is 41.5 Å². The summed E-state index contributed by atoms with van der Waals surface area (Å²) in [6.07, 6.45) is 1.90. The van der Waals surface area contributed by atoms with Crippen molar-refractivity contribution in [1.29, 1.82) is 0 Å². The number of nitrogens with zero attached hydrogens (tertiary/aromatic N) is 5. The fourth-order valence-corrected chi connectivity index (χ4v) is 3.47. The van der Waals surface area contributed by atoms with E-state index >= 15 is 0 Å². The lowest BCUT2D eigenvalue weighted by atomic mass is 10.1. The standard InChI is InChI=1S/C22H35N7O2/c1-18-26-27-21(28(18)2)17-25-22(23-10-6-12-29-13-15-31-16-14-29)24-11-9-19-7-4-5-8-20(19)30-3/h4-5,7-8H,6,9-17H2,1-3H3,(H2,23,24,25). The minimum atomic E-state index is 0.477. The Hall–Kier alpha value is -2.65. The first-order valence-corrected chi connectivity index (χ1v) is 11.0. The van der Waals surface area contributed by atoms with Crippen molar-refractivity contribution >= 4 is 5.96 Å². The molecule has 9 heteroatoms. The molecule has 0 saturated carbocycles. The zero-order valence-electron chi connectivity index (χ0n) is 18.9.